The highest BCUT2D eigenvalue weighted by atomic mass is 19.1. The first-order valence-corrected chi connectivity index (χ1v) is 5.49. The zero-order chi connectivity index (χ0) is 14.7. The zero-order valence-electron chi connectivity index (χ0n) is 9.97. The van der Waals surface area contributed by atoms with Crippen LogP contribution in [-0.4, -0.2) is 10.8 Å². The Bertz CT molecular complexity index is 669. The lowest BCUT2D eigenvalue weighted by atomic mass is 10.1. The summed E-state index contributed by atoms with van der Waals surface area (Å²) in [6.45, 7) is 0. The molecule has 0 heterocycles. The molecule has 0 fully saturated rings. The van der Waals surface area contributed by atoms with Crippen LogP contribution in [0.5, 0.6) is 0 Å². The van der Waals surface area contributed by atoms with Crippen molar-refractivity contribution in [3.05, 3.63) is 69.8 Å². The Morgan fingerprint density at radius 2 is 1.65 bits per heavy atom. The first-order valence-electron chi connectivity index (χ1n) is 5.49. The predicted molar refractivity (Wildman–Crippen MR) is 67.4 cm³/mol. The Kier molecular flexibility index (Phi) is 3.69. The van der Waals surface area contributed by atoms with Gasteiger partial charge in [0, 0.05) is 6.07 Å². The number of halogens is 2. The van der Waals surface area contributed by atoms with Crippen molar-refractivity contribution in [3.8, 4) is 0 Å². The Balaban J connectivity index is 2.36. The van der Waals surface area contributed by atoms with E-state index in [0.29, 0.717) is 0 Å². The van der Waals surface area contributed by atoms with Crippen LogP contribution in [0.4, 0.5) is 20.2 Å². The molecular formula is C13H8F2N2O3. The molecule has 20 heavy (non-hydrogen) atoms. The van der Waals surface area contributed by atoms with Crippen LogP contribution in [0.25, 0.3) is 0 Å². The largest absolute Gasteiger partial charge is 0.317 e. The SMILES string of the molecule is O=C(Nc1c(F)cccc1F)c1ccccc1[N+](=O)[O-]. The molecule has 2 aromatic carbocycles. The molecule has 0 aliphatic carbocycles. The van der Waals surface area contributed by atoms with Gasteiger partial charge in [-0.1, -0.05) is 18.2 Å². The van der Waals surface area contributed by atoms with Crippen LogP contribution in [0.3, 0.4) is 0 Å². The van der Waals surface area contributed by atoms with E-state index in [1.807, 2.05) is 5.32 Å². The fraction of sp³-hybridized carbons (Fsp3) is 0. The minimum absolute atomic E-state index is 0.278. The lowest BCUT2D eigenvalue weighted by Crippen LogP contribution is -2.15. The third kappa shape index (κ3) is 2.61. The fourth-order valence-corrected chi connectivity index (χ4v) is 1.62. The van der Waals surface area contributed by atoms with Gasteiger partial charge in [-0.05, 0) is 18.2 Å². The second kappa shape index (κ2) is 5.43. The Hall–Kier alpha value is -2.83. The van der Waals surface area contributed by atoms with Crippen LogP contribution in [0.1, 0.15) is 10.4 Å². The van der Waals surface area contributed by atoms with E-state index in [-0.39, 0.29) is 5.56 Å². The molecule has 0 aliphatic heterocycles. The normalized spacial score (nSPS) is 10.1. The molecule has 0 atom stereocenters. The van der Waals surface area contributed by atoms with E-state index < -0.39 is 33.8 Å². The number of rotatable bonds is 3. The van der Waals surface area contributed by atoms with Crippen LogP contribution < -0.4 is 5.32 Å². The van der Waals surface area contributed by atoms with Crippen LogP contribution in [0.2, 0.25) is 0 Å². The number of amides is 1. The number of nitro groups is 1. The second-order valence-electron chi connectivity index (χ2n) is 3.83. The first kappa shape index (κ1) is 13.6. The summed E-state index contributed by atoms with van der Waals surface area (Å²) in [4.78, 5) is 21.9. The summed E-state index contributed by atoms with van der Waals surface area (Å²) in [5.74, 6) is -2.88. The van der Waals surface area contributed by atoms with Crippen LogP contribution in [0, 0.1) is 21.7 Å². The molecule has 0 aliphatic rings. The molecule has 0 bridgehead atoms. The Morgan fingerprint density at radius 1 is 1.05 bits per heavy atom. The number of carbonyl (C=O) groups excluding carboxylic acids is 1. The van der Waals surface area contributed by atoms with Crippen molar-refractivity contribution >= 4 is 17.3 Å². The van der Waals surface area contributed by atoms with Crippen LogP contribution in [-0.2, 0) is 0 Å². The molecule has 0 saturated carbocycles. The maximum Gasteiger partial charge on any atom is 0.282 e. The maximum atomic E-state index is 13.4. The minimum atomic E-state index is -0.961. The molecule has 0 saturated heterocycles. The van der Waals surface area contributed by atoms with E-state index >= 15 is 0 Å². The van der Waals surface area contributed by atoms with E-state index in [1.54, 1.807) is 0 Å². The van der Waals surface area contributed by atoms with Crippen molar-refractivity contribution in [1.82, 2.24) is 0 Å². The molecular weight excluding hydrogens is 270 g/mol. The van der Waals surface area contributed by atoms with Crippen molar-refractivity contribution in [2.24, 2.45) is 0 Å². The van der Waals surface area contributed by atoms with Crippen molar-refractivity contribution in [2.45, 2.75) is 0 Å². The van der Waals surface area contributed by atoms with Gasteiger partial charge >= 0.3 is 0 Å². The summed E-state index contributed by atoms with van der Waals surface area (Å²) in [5.41, 5.74) is -1.36. The Labute approximate surface area is 112 Å². The maximum absolute atomic E-state index is 13.4. The molecule has 0 spiro atoms. The highest BCUT2D eigenvalue weighted by molar-refractivity contribution is 6.07. The number of para-hydroxylation sites is 2. The molecule has 1 N–H and O–H groups in total. The van der Waals surface area contributed by atoms with Gasteiger partial charge in [0.05, 0.1) is 4.92 Å². The summed E-state index contributed by atoms with van der Waals surface area (Å²) in [5, 5.41) is 12.8. The third-order valence-electron chi connectivity index (χ3n) is 2.55. The van der Waals surface area contributed by atoms with E-state index in [4.69, 9.17) is 0 Å². The standard InChI is InChI=1S/C13H8F2N2O3/c14-9-5-3-6-10(15)12(9)16-13(18)8-4-1-2-7-11(8)17(19)20/h1-7H,(H,16,18). The predicted octanol–water partition coefficient (Wildman–Crippen LogP) is 3.13. The molecule has 0 aromatic heterocycles. The van der Waals surface area contributed by atoms with Gasteiger partial charge in [0.1, 0.15) is 22.9 Å². The first-order chi connectivity index (χ1) is 9.50. The summed E-state index contributed by atoms with van der Waals surface area (Å²) < 4.78 is 26.8. The van der Waals surface area contributed by atoms with Gasteiger partial charge in [0.2, 0.25) is 0 Å². The van der Waals surface area contributed by atoms with Crippen LogP contribution >= 0.6 is 0 Å². The minimum Gasteiger partial charge on any atom is -0.317 e. The van der Waals surface area contributed by atoms with Gasteiger partial charge < -0.3 is 5.32 Å². The van der Waals surface area contributed by atoms with Crippen molar-refractivity contribution in [2.75, 3.05) is 5.32 Å². The lowest BCUT2D eigenvalue weighted by Gasteiger charge is -2.07. The molecule has 5 nitrogen and oxygen atoms in total. The molecule has 102 valence electrons. The Morgan fingerprint density at radius 3 is 2.25 bits per heavy atom. The number of nitrogens with zero attached hydrogens (tertiary/aromatic N) is 1. The molecule has 7 heteroatoms. The summed E-state index contributed by atoms with van der Waals surface area (Å²) in [6, 6.07) is 8.22. The molecule has 2 rings (SSSR count). The van der Waals surface area contributed by atoms with E-state index in [9.17, 15) is 23.7 Å². The summed E-state index contributed by atoms with van der Waals surface area (Å²) in [6.07, 6.45) is 0. The fourth-order valence-electron chi connectivity index (χ4n) is 1.62. The number of carbonyl (C=O) groups is 1. The lowest BCUT2D eigenvalue weighted by molar-refractivity contribution is -0.385. The quantitative estimate of drug-likeness (QED) is 0.692. The van der Waals surface area contributed by atoms with Crippen molar-refractivity contribution in [1.29, 1.82) is 0 Å². The molecule has 1 amide bonds. The molecule has 0 radical (unpaired) electrons. The zero-order valence-corrected chi connectivity index (χ0v) is 9.97. The average molecular weight is 278 g/mol. The van der Waals surface area contributed by atoms with Gasteiger partial charge in [-0.3, -0.25) is 14.9 Å². The average Bonchev–Trinajstić information content (AvgIpc) is 2.43. The van der Waals surface area contributed by atoms with Crippen molar-refractivity contribution in [3.63, 3.8) is 0 Å². The van der Waals surface area contributed by atoms with Crippen LogP contribution in [0.15, 0.2) is 42.5 Å². The highest BCUT2D eigenvalue weighted by Crippen LogP contribution is 2.22. The second-order valence-corrected chi connectivity index (χ2v) is 3.83. The molecule has 0 unspecified atom stereocenters. The van der Waals surface area contributed by atoms with Gasteiger partial charge in [-0.25, -0.2) is 8.78 Å². The monoisotopic (exact) mass is 278 g/mol. The van der Waals surface area contributed by atoms with Gasteiger partial charge in [-0.2, -0.15) is 0 Å². The smallest absolute Gasteiger partial charge is 0.282 e. The number of hydrogen-bond acceptors (Lipinski definition) is 3. The number of nitrogens with one attached hydrogen (secondary N) is 1. The summed E-state index contributed by atoms with van der Waals surface area (Å²) in [7, 11) is 0. The van der Waals surface area contributed by atoms with Gasteiger partial charge in [-0.15, -0.1) is 0 Å². The number of benzene rings is 2. The summed E-state index contributed by atoms with van der Waals surface area (Å²) >= 11 is 0. The van der Waals surface area contributed by atoms with E-state index in [1.165, 1.54) is 18.2 Å². The van der Waals surface area contributed by atoms with Gasteiger partial charge in [0.25, 0.3) is 11.6 Å². The third-order valence-corrected chi connectivity index (χ3v) is 2.55. The number of anilines is 1. The number of hydrogen-bond donors (Lipinski definition) is 1. The van der Waals surface area contributed by atoms with Gasteiger partial charge in [0.15, 0.2) is 0 Å². The molecule has 2 aromatic rings. The van der Waals surface area contributed by atoms with Crippen molar-refractivity contribution < 1.29 is 18.5 Å². The number of nitro benzene ring substituents is 1. The van der Waals surface area contributed by atoms with E-state index in [0.717, 1.165) is 24.3 Å². The van der Waals surface area contributed by atoms with E-state index in [2.05, 4.69) is 0 Å². The topological polar surface area (TPSA) is 72.2 Å². The highest BCUT2D eigenvalue weighted by Gasteiger charge is 2.21.